The van der Waals surface area contributed by atoms with E-state index >= 15 is 0 Å². The van der Waals surface area contributed by atoms with Gasteiger partial charge < -0.3 is 10.6 Å². The van der Waals surface area contributed by atoms with Crippen LogP contribution in [0.1, 0.15) is 5.56 Å². The molecule has 11 heteroatoms. The van der Waals surface area contributed by atoms with Crippen molar-refractivity contribution < 1.29 is 26.4 Å². The van der Waals surface area contributed by atoms with Crippen LogP contribution in [0.15, 0.2) is 42.7 Å². The summed E-state index contributed by atoms with van der Waals surface area (Å²) in [4.78, 5) is 15.1. The first-order valence-corrected chi connectivity index (χ1v) is 8.24. The minimum atomic E-state index is -4.51. The van der Waals surface area contributed by atoms with E-state index in [2.05, 4.69) is 10.3 Å². The third-order valence-corrected chi connectivity index (χ3v) is 4.16. The summed E-state index contributed by atoms with van der Waals surface area (Å²) in [5.41, 5.74) is -0.745. The summed E-state index contributed by atoms with van der Waals surface area (Å²) in [5, 5.41) is 3.37. The van der Waals surface area contributed by atoms with Gasteiger partial charge in [-0.05, 0) is 24.3 Å². The van der Waals surface area contributed by atoms with E-state index in [1.165, 1.54) is 24.4 Å². The van der Waals surface area contributed by atoms with Crippen LogP contribution in [-0.2, 0) is 16.2 Å². The molecule has 2 rings (SSSR count). The number of carbonyl (C=O) groups excluding carboxylic acids is 1. The lowest BCUT2D eigenvalue weighted by molar-refractivity contribution is -0.137. The van der Waals surface area contributed by atoms with E-state index in [0.29, 0.717) is 0 Å². The maximum atomic E-state index is 12.8. The van der Waals surface area contributed by atoms with Crippen molar-refractivity contribution in [1.82, 2.24) is 10.3 Å². The van der Waals surface area contributed by atoms with E-state index in [4.69, 9.17) is 0 Å². The molecular formula is C14H13F3N4O3S. The number of pyridine rings is 1. The van der Waals surface area contributed by atoms with Gasteiger partial charge in [-0.25, -0.2) is 0 Å². The Balaban J connectivity index is 2.32. The molecule has 0 aliphatic rings. The molecule has 0 aliphatic carbocycles. The van der Waals surface area contributed by atoms with Gasteiger partial charge in [0.15, 0.2) is 0 Å². The molecule has 1 aromatic heterocycles. The van der Waals surface area contributed by atoms with E-state index in [9.17, 15) is 26.4 Å². The molecule has 7 nitrogen and oxygen atoms in total. The first-order valence-electron chi connectivity index (χ1n) is 6.76. The van der Waals surface area contributed by atoms with Crippen LogP contribution in [-0.4, -0.2) is 25.7 Å². The molecule has 0 unspecified atom stereocenters. The van der Waals surface area contributed by atoms with Crippen molar-refractivity contribution in [3.05, 3.63) is 48.3 Å². The summed E-state index contributed by atoms with van der Waals surface area (Å²) < 4.78 is 63.9. The van der Waals surface area contributed by atoms with E-state index in [1.54, 1.807) is 0 Å². The fourth-order valence-electron chi connectivity index (χ4n) is 1.84. The zero-order chi connectivity index (χ0) is 18.7. The largest absolute Gasteiger partial charge is 0.416 e. The second kappa shape index (κ2) is 6.97. The zero-order valence-electron chi connectivity index (χ0n) is 12.8. The number of aromatic nitrogens is 1. The summed E-state index contributed by atoms with van der Waals surface area (Å²) in [6.45, 7) is 0. The van der Waals surface area contributed by atoms with Crippen LogP contribution in [0.4, 0.5) is 35.0 Å². The zero-order valence-corrected chi connectivity index (χ0v) is 13.6. The lowest BCUT2D eigenvalue weighted by Gasteiger charge is -2.14. The second-order valence-corrected chi connectivity index (χ2v) is 6.35. The molecule has 0 aliphatic heterocycles. The minimum Gasteiger partial charge on any atom is -0.354 e. The second-order valence-electron chi connectivity index (χ2n) is 4.77. The Hall–Kier alpha value is -2.82. The van der Waals surface area contributed by atoms with Gasteiger partial charge in [0.05, 0.1) is 23.1 Å². The number of nitrogens with one attached hydrogen (secondary N) is 3. The molecule has 1 heterocycles. The van der Waals surface area contributed by atoms with Crippen LogP contribution in [0.25, 0.3) is 0 Å². The Kier molecular flexibility index (Phi) is 5.16. The number of carbonyl (C=O) groups is 1. The van der Waals surface area contributed by atoms with Gasteiger partial charge >= 0.3 is 21.4 Å². The highest BCUT2D eigenvalue weighted by Crippen LogP contribution is 2.32. The highest BCUT2D eigenvalue weighted by Gasteiger charge is 2.30. The fraction of sp³-hybridized carbons (Fsp3) is 0.143. The van der Waals surface area contributed by atoms with Crippen LogP contribution >= 0.6 is 0 Å². The van der Waals surface area contributed by atoms with E-state index in [-0.39, 0.29) is 17.1 Å². The fourth-order valence-corrected chi connectivity index (χ4v) is 2.65. The van der Waals surface area contributed by atoms with Crippen molar-refractivity contribution in [2.45, 2.75) is 6.18 Å². The standard InChI is InChI=1S/C14H13F3N4O3S/c1-18-13(22)25(23,24)21-12-8-19-6-5-11(12)20-10-4-2-3-9(7-10)14(15,16)17/h2-8,21H,1H3,(H,18,22)(H,19,20). The van der Waals surface area contributed by atoms with Crippen molar-refractivity contribution in [3.8, 4) is 0 Å². The molecule has 3 N–H and O–H groups in total. The predicted octanol–water partition coefficient (Wildman–Crippen LogP) is 2.93. The smallest absolute Gasteiger partial charge is 0.354 e. The normalized spacial score (nSPS) is 11.7. The summed E-state index contributed by atoms with van der Waals surface area (Å²) >= 11 is 0. The quantitative estimate of drug-likeness (QED) is 0.764. The number of rotatable bonds is 4. The van der Waals surface area contributed by atoms with Gasteiger partial charge in [-0.1, -0.05) is 6.07 Å². The Morgan fingerprint density at radius 3 is 2.52 bits per heavy atom. The molecular weight excluding hydrogens is 361 g/mol. The lowest BCUT2D eigenvalue weighted by Crippen LogP contribution is -2.31. The third-order valence-electron chi connectivity index (χ3n) is 2.98. The van der Waals surface area contributed by atoms with Crippen molar-refractivity contribution in [1.29, 1.82) is 0 Å². The van der Waals surface area contributed by atoms with Crippen LogP contribution in [0.3, 0.4) is 0 Å². The first-order chi connectivity index (χ1) is 11.6. The molecule has 0 bridgehead atoms. The van der Waals surface area contributed by atoms with Crippen molar-refractivity contribution in [2.75, 3.05) is 17.1 Å². The first kappa shape index (κ1) is 18.5. The Labute approximate surface area is 141 Å². The lowest BCUT2D eigenvalue weighted by atomic mass is 10.2. The van der Waals surface area contributed by atoms with Crippen molar-refractivity contribution in [3.63, 3.8) is 0 Å². The highest BCUT2D eigenvalue weighted by atomic mass is 32.2. The minimum absolute atomic E-state index is 0.0846. The molecule has 0 spiro atoms. The van der Waals surface area contributed by atoms with Gasteiger partial charge in [0.2, 0.25) is 0 Å². The van der Waals surface area contributed by atoms with Crippen LogP contribution in [0, 0.1) is 0 Å². The number of sulfonamides is 1. The van der Waals surface area contributed by atoms with Crippen LogP contribution in [0.2, 0.25) is 0 Å². The Morgan fingerprint density at radius 1 is 1.16 bits per heavy atom. The third kappa shape index (κ3) is 4.59. The number of amides is 1. The molecule has 0 atom stereocenters. The van der Waals surface area contributed by atoms with E-state index in [1.807, 2.05) is 10.0 Å². The van der Waals surface area contributed by atoms with Gasteiger partial charge in [-0.15, -0.1) is 0 Å². The van der Waals surface area contributed by atoms with Gasteiger partial charge in [0.25, 0.3) is 0 Å². The van der Waals surface area contributed by atoms with Crippen molar-refractivity contribution >= 4 is 32.3 Å². The van der Waals surface area contributed by atoms with E-state index < -0.39 is 27.0 Å². The number of hydrogen-bond donors (Lipinski definition) is 3. The van der Waals surface area contributed by atoms with Gasteiger partial charge in [-0.3, -0.25) is 14.5 Å². The van der Waals surface area contributed by atoms with E-state index in [0.717, 1.165) is 25.4 Å². The summed E-state index contributed by atoms with van der Waals surface area (Å²) in [5.74, 6) is 0. The Bertz CT molecular complexity index is 885. The summed E-state index contributed by atoms with van der Waals surface area (Å²) in [7, 11) is -3.22. The number of halogens is 3. The molecule has 1 amide bonds. The predicted molar refractivity (Wildman–Crippen MR) is 86.0 cm³/mol. The molecule has 0 radical (unpaired) electrons. The van der Waals surface area contributed by atoms with Crippen molar-refractivity contribution in [2.24, 2.45) is 0 Å². The molecule has 134 valence electrons. The monoisotopic (exact) mass is 374 g/mol. The van der Waals surface area contributed by atoms with Gasteiger partial charge in [0, 0.05) is 18.9 Å². The number of hydrogen-bond acceptors (Lipinski definition) is 5. The topological polar surface area (TPSA) is 100 Å². The molecule has 2 aromatic rings. The highest BCUT2D eigenvalue weighted by molar-refractivity contribution is 8.07. The Morgan fingerprint density at radius 2 is 1.88 bits per heavy atom. The molecule has 0 saturated heterocycles. The molecule has 0 saturated carbocycles. The van der Waals surface area contributed by atoms with Crippen LogP contribution < -0.4 is 15.4 Å². The average Bonchev–Trinajstić information content (AvgIpc) is 2.55. The maximum absolute atomic E-state index is 12.8. The van der Waals surface area contributed by atoms with Crippen LogP contribution in [0.5, 0.6) is 0 Å². The number of alkyl halides is 3. The van der Waals surface area contributed by atoms with Gasteiger partial charge in [-0.2, -0.15) is 21.6 Å². The molecule has 1 aromatic carbocycles. The number of anilines is 3. The molecule has 0 fully saturated rings. The number of nitrogens with zero attached hydrogens (tertiary/aromatic N) is 1. The van der Waals surface area contributed by atoms with Gasteiger partial charge in [0.1, 0.15) is 0 Å². The molecule has 25 heavy (non-hydrogen) atoms. The summed E-state index contributed by atoms with van der Waals surface area (Å²) in [6.07, 6.45) is -2.08. The summed E-state index contributed by atoms with van der Waals surface area (Å²) in [6, 6.07) is 5.72. The SMILES string of the molecule is CNC(=O)S(=O)(=O)Nc1cnccc1Nc1cccc(C(F)(F)F)c1. The number of benzene rings is 1. The average molecular weight is 374 g/mol. The maximum Gasteiger partial charge on any atom is 0.416 e.